The highest BCUT2D eigenvalue weighted by molar-refractivity contribution is 5.76. The third-order valence-electron chi connectivity index (χ3n) is 7.59. The molecule has 0 spiro atoms. The fourth-order valence-electron chi connectivity index (χ4n) is 4.79. The van der Waals surface area contributed by atoms with E-state index in [1.165, 1.54) is 44.9 Å². The lowest BCUT2D eigenvalue weighted by Gasteiger charge is -2.19. The second-order valence-electron chi connectivity index (χ2n) is 11.9. The Morgan fingerprint density at radius 2 is 1.00 bits per heavy atom. The van der Waals surface area contributed by atoms with Crippen molar-refractivity contribution in [2.24, 2.45) is 0 Å². The maximum absolute atomic E-state index is 12.3. The molecule has 0 aliphatic heterocycles. The highest BCUT2D eigenvalue weighted by atomic mass is 16.3. The van der Waals surface area contributed by atoms with Crippen LogP contribution in [0.1, 0.15) is 149 Å². The molecule has 4 nitrogen and oxygen atoms in total. The molecule has 0 saturated carbocycles. The zero-order valence-corrected chi connectivity index (χ0v) is 29.1. The van der Waals surface area contributed by atoms with Crippen LogP contribution in [0.25, 0.3) is 0 Å². The van der Waals surface area contributed by atoms with Gasteiger partial charge in [-0.2, -0.15) is 0 Å². The molecule has 4 heteroatoms. The van der Waals surface area contributed by atoms with E-state index in [9.17, 15) is 15.0 Å². The van der Waals surface area contributed by atoms with Crippen molar-refractivity contribution in [3.63, 3.8) is 0 Å². The van der Waals surface area contributed by atoms with Crippen molar-refractivity contribution in [3.05, 3.63) is 85.1 Å². The summed E-state index contributed by atoms with van der Waals surface area (Å²) in [6, 6.07) is -0.662. The van der Waals surface area contributed by atoms with E-state index in [0.29, 0.717) is 6.42 Å². The Hall–Kier alpha value is -2.43. The summed E-state index contributed by atoms with van der Waals surface area (Å²) in [6.07, 6.45) is 52.3. The van der Waals surface area contributed by atoms with Gasteiger partial charge in [0.05, 0.1) is 18.8 Å². The Bertz CT molecular complexity index is 849. The average molecular weight is 624 g/mol. The first kappa shape index (κ1) is 42.6. The molecule has 0 bridgehead atoms. The van der Waals surface area contributed by atoms with Gasteiger partial charge in [-0.15, -0.1) is 0 Å². The Kier molecular flexibility index (Phi) is 34.1. The molecule has 0 aromatic heterocycles. The summed E-state index contributed by atoms with van der Waals surface area (Å²) in [6.45, 7) is 4.13. The molecule has 0 aromatic carbocycles. The molecule has 256 valence electrons. The highest BCUT2D eigenvalue weighted by Gasteiger charge is 2.17. The number of carbonyl (C=O) groups is 1. The first-order valence-electron chi connectivity index (χ1n) is 18.3. The molecule has 0 aromatic rings. The van der Waals surface area contributed by atoms with Gasteiger partial charge in [0.15, 0.2) is 0 Å². The van der Waals surface area contributed by atoms with E-state index in [1.54, 1.807) is 6.08 Å². The van der Waals surface area contributed by atoms with Crippen LogP contribution in [0.15, 0.2) is 85.1 Å². The fourth-order valence-corrected chi connectivity index (χ4v) is 4.79. The van der Waals surface area contributed by atoms with Crippen molar-refractivity contribution in [2.45, 2.75) is 161 Å². The molecular weight excluding hydrogens is 554 g/mol. The van der Waals surface area contributed by atoms with Gasteiger partial charge in [-0.05, 0) is 83.5 Å². The van der Waals surface area contributed by atoms with Gasteiger partial charge in [-0.25, -0.2) is 0 Å². The summed E-state index contributed by atoms with van der Waals surface area (Å²) in [5, 5.41) is 22.8. The summed E-state index contributed by atoms with van der Waals surface area (Å²) in [5.74, 6) is -0.107. The van der Waals surface area contributed by atoms with Crippen molar-refractivity contribution >= 4 is 5.91 Å². The number of hydrogen-bond acceptors (Lipinski definition) is 3. The molecule has 0 aliphatic carbocycles. The molecule has 45 heavy (non-hydrogen) atoms. The normalized spacial score (nSPS) is 14.1. The summed E-state index contributed by atoms with van der Waals surface area (Å²) < 4.78 is 0. The first-order valence-corrected chi connectivity index (χ1v) is 18.3. The van der Waals surface area contributed by atoms with Crippen molar-refractivity contribution in [3.8, 4) is 0 Å². The van der Waals surface area contributed by atoms with Gasteiger partial charge in [0.25, 0.3) is 0 Å². The summed E-state index contributed by atoms with van der Waals surface area (Å²) in [4.78, 5) is 12.3. The predicted octanol–water partition coefficient (Wildman–Crippen LogP) is 10.9. The summed E-state index contributed by atoms with van der Waals surface area (Å²) in [7, 11) is 0. The number of aliphatic hydroxyl groups excluding tert-OH is 2. The largest absolute Gasteiger partial charge is 0.394 e. The number of carbonyl (C=O) groups excluding carboxylic acids is 1. The zero-order valence-electron chi connectivity index (χ0n) is 29.1. The summed E-state index contributed by atoms with van der Waals surface area (Å²) in [5.41, 5.74) is 0. The molecule has 2 atom stereocenters. The second kappa shape index (κ2) is 36.0. The van der Waals surface area contributed by atoms with Crippen LogP contribution in [0, 0.1) is 0 Å². The Balaban J connectivity index is 3.80. The zero-order chi connectivity index (χ0) is 32.9. The van der Waals surface area contributed by atoms with Gasteiger partial charge >= 0.3 is 0 Å². The molecule has 0 rings (SSSR count). The smallest absolute Gasteiger partial charge is 0.220 e. The van der Waals surface area contributed by atoms with Gasteiger partial charge in [0.1, 0.15) is 0 Å². The first-order chi connectivity index (χ1) is 22.2. The van der Waals surface area contributed by atoms with Crippen LogP contribution in [0.4, 0.5) is 0 Å². The number of rotatable bonds is 31. The molecule has 2 unspecified atom stereocenters. The number of allylic oxidation sites excluding steroid dienone is 13. The van der Waals surface area contributed by atoms with E-state index < -0.39 is 12.1 Å². The number of aliphatic hydroxyl groups is 2. The van der Waals surface area contributed by atoms with Crippen LogP contribution in [0.5, 0.6) is 0 Å². The minimum absolute atomic E-state index is 0.107. The lowest BCUT2D eigenvalue weighted by molar-refractivity contribution is -0.123. The molecule has 0 heterocycles. The number of nitrogens with one attached hydrogen (secondary N) is 1. The molecule has 0 saturated heterocycles. The lowest BCUT2D eigenvalue weighted by Crippen LogP contribution is -2.45. The van der Waals surface area contributed by atoms with Gasteiger partial charge in [0, 0.05) is 6.42 Å². The van der Waals surface area contributed by atoms with E-state index in [-0.39, 0.29) is 12.5 Å². The van der Waals surface area contributed by atoms with E-state index >= 15 is 0 Å². The maximum atomic E-state index is 12.3. The monoisotopic (exact) mass is 624 g/mol. The standard InChI is InChI=1S/C41H69NO3/c1-3-5-7-9-11-13-15-17-19-21-23-25-27-29-31-33-35-37-41(45)42-39(38-43)40(44)36-34-32-30-28-26-24-22-20-18-16-14-12-10-8-6-4-2/h5,7,11,13,17-20,23,25-26,28,34,36,39-40,43-44H,3-4,6,8-10,12,14-16,21-22,24,27,29-33,35,37-38H2,1-2H3,(H,42,45)/b7-5-,13-11-,19-17-,20-18+,25-23-,28-26+,36-34+. The average Bonchev–Trinajstić information content (AvgIpc) is 3.04. The van der Waals surface area contributed by atoms with E-state index in [0.717, 1.165) is 83.5 Å². The van der Waals surface area contributed by atoms with Gasteiger partial charge in [-0.1, -0.05) is 144 Å². The Labute approximate surface area is 278 Å². The van der Waals surface area contributed by atoms with Gasteiger partial charge in [-0.3, -0.25) is 4.79 Å². The van der Waals surface area contributed by atoms with Crippen molar-refractivity contribution < 1.29 is 15.0 Å². The topological polar surface area (TPSA) is 69.6 Å². The molecule has 3 N–H and O–H groups in total. The second-order valence-corrected chi connectivity index (χ2v) is 11.9. The molecule has 0 aliphatic rings. The number of unbranched alkanes of at least 4 members (excludes halogenated alkanes) is 12. The third kappa shape index (κ3) is 32.8. The van der Waals surface area contributed by atoms with Gasteiger partial charge < -0.3 is 15.5 Å². The molecule has 0 radical (unpaired) electrons. The fraction of sp³-hybridized carbons (Fsp3) is 0.634. The van der Waals surface area contributed by atoms with Crippen molar-refractivity contribution in [1.29, 1.82) is 0 Å². The molecular formula is C41H69NO3. The van der Waals surface area contributed by atoms with Gasteiger partial charge in [0.2, 0.25) is 5.91 Å². The van der Waals surface area contributed by atoms with Crippen LogP contribution in [0.2, 0.25) is 0 Å². The third-order valence-corrected chi connectivity index (χ3v) is 7.59. The van der Waals surface area contributed by atoms with E-state index in [2.05, 4.69) is 92.1 Å². The molecule has 0 fully saturated rings. The predicted molar refractivity (Wildman–Crippen MR) is 197 cm³/mol. The number of amides is 1. The van der Waals surface area contributed by atoms with Crippen LogP contribution < -0.4 is 5.32 Å². The SMILES string of the molecule is CC/C=C\C/C=C\C/C=C\C/C=C\CCCCCCC(=O)NC(CO)C(O)/C=C/CC/C=C/CC/C=C/CCCCCCCC. The summed E-state index contributed by atoms with van der Waals surface area (Å²) >= 11 is 0. The Morgan fingerprint density at radius 3 is 1.56 bits per heavy atom. The van der Waals surface area contributed by atoms with Crippen molar-refractivity contribution in [1.82, 2.24) is 5.32 Å². The Morgan fingerprint density at radius 1 is 0.556 bits per heavy atom. The van der Waals surface area contributed by atoms with Crippen LogP contribution in [0.3, 0.4) is 0 Å². The van der Waals surface area contributed by atoms with Crippen LogP contribution >= 0.6 is 0 Å². The maximum Gasteiger partial charge on any atom is 0.220 e. The van der Waals surface area contributed by atoms with Crippen LogP contribution in [-0.2, 0) is 4.79 Å². The highest BCUT2D eigenvalue weighted by Crippen LogP contribution is 2.09. The quantitative estimate of drug-likeness (QED) is 0.0531. The minimum atomic E-state index is -0.884. The van der Waals surface area contributed by atoms with Crippen LogP contribution in [-0.4, -0.2) is 34.9 Å². The lowest BCUT2D eigenvalue weighted by atomic mass is 10.1. The molecule has 1 amide bonds. The van der Waals surface area contributed by atoms with E-state index in [4.69, 9.17) is 0 Å². The van der Waals surface area contributed by atoms with Crippen molar-refractivity contribution in [2.75, 3.05) is 6.61 Å². The van der Waals surface area contributed by atoms with E-state index in [1.807, 2.05) is 6.08 Å². The minimum Gasteiger partial charge on any atom is -0.394 e. The number of hydrogen-bond donors (Lipinski definition) is 3.